The largest absolute Gasteiger partial charge is 0.484 e. The van der Waals surface area contributed by atoms with Crippen molar-refractivity contribution >= 4 is 17.7 Å². The second kappa shape index (κ2) is 14.9. The van der Waals surface area contributed by atoms with Crippen molar-refractivity contribution < 1.29 is 9.53 Å². The molecule has 2 heterocycles. The van der Waals surface area contributed by atoms with Crippen LogP contribution in [0, 0.1) is 11.8 Å². The smallest absolute Gasteiger partial charge is 0.261 e. The quantitative estimate of drug-likeness (QED) is 0.313. The molecule has 0 aromatic heterocycles. The number of hydrogen-bond donors (Lipinski definition) is 2. The zero-order chi connectivity index (χ0) is 29.6. The van der Waals surface area contributed by atoms with E-state index in [9.17, 15) is 4.79 Å². The van der Waals surface area contributed by atoms with Gasteiger partial charge in [0.2, 0.25) is 0 Å². The SMILES string of the molecule is CC1NNC(C)C1(C1CCCCCCC1)N(CC1CCC(C2CCCCCCC2)S1)C(=O)COc1ccc2c(c1)CCC2. The van der Waals surface area contributed by atoms with Crippen LogP contribution in [0.25, 0.3) is 0 Å². The van der Waals surface area contributed by atoms with Gasteiger partial charge in [-0.05, 0) is 107 Å². The maximum Gasteiger partial charge on any atom is 0.261 e. The van der Waals surface area contributed by atoms with E-state index in [1.54, 1.807) is 0 Å². The van der Waals surface area contributed by atoms with Crippen LogP contribution in [0.5, 0.6) is 5.75 Å². The van der Waals surface area contributed by atoms with Gasteiger partial charge in [-0.1, -0.05) is 70.3 Å². The molecule has 0 spiro atoms. The highest BCUT2D eigenvalue weighted by Gasteiger charge is 2.57. The van der Waals surface area contributed by atoms with E-state index < -0.39 is 0 Å². The van der Waals surface area contributed by atoms with Crippen molar-refractivity contribution in [3.63, 3.8) is 0 Å². The molecule has 1 aromatic carbocycles. The molecule has 4 unspecified atom stereocenters. The first-order valence-corrected chi connectivity index (χ1v) is 19.2. The first-order chi connectivity index (χ1) is 21.1. The summed E-state index contributed by atoms with van der Waals surface area (Å²) in [6.07, 6.45) is 25.0. The van der Waals surface area contributed by atoms with E-state index in [4.69, 9.17) is 4.74 Å². The van der Waals surface area contributed by atoms with Crippen LogP contribution in [0.1, 0.15) is 134 Å². The number of benzene rings is 1. The number of hydrogen-bond acceptors (Lipinski definition) is 5. The minimum absolute atomic E-state index is 0.135. The summed E-state index contributed by atoms with van der Waals surface area (Å²) in [4.78, 5) is 17.0. The van der Waals surface area contributed by atoms with Gasteiger partial charge in [0.1, 0.15) is 5.75 Å². The Kier molecular flexibility index (Phi) is 11.0. The van der Waals surface area contributed by atoms with E-state index in [0.717, 1.165) is 29.9 Å². The second-order valence-corrected chi connectivity index (χ2v) is 16.3. The topological polar surface area (TPSA) is 53.6 Å². The maximum atomic E-state index is 14.6. The van der Waals surface area contributed by atoms with Gasteiger partial charge in [0.25, 0.3) is 5.91 Å². The van der Waals surface area contributed by atoms with Crippen molar-refractivity contribution in [1.82, 2.24) is 15.8 Å². The van der Waals surface area contributed by atoms with Gasteiger partial charge in [-0.2, -0.15) is 11.8 Å². The van der Waals surface area contributed by atoms with E-state index in [-0.39, 0.29) is 30.1 Å². The average Bonchev–Trinajstić information content (AvgIpc) is 3.70. The molecule has 43 heavy (non-hydrogen) atoms. The summed E-state index contributed by atoms with van der Waals surface area (Å²) in [5.41, 5.74) is 9.89. The standard InChI is InChI=1S/C37H59N3O2S/c1-27-37(28(2)39-38-27,32-18-11-7-4-8-12-19-32)40(36(41)26-42-33-21-20-29-16-13-17-31(29)24-33)25-34-22-23-35(43-34)30-14-9-5-3-6-10-15-30/h20-21,24,27-28,30,32,34-35,38-39H,3-19,22-23,25-26H2,1-2H3. The third-order valence-corrected chi connectivity index (χ3v) is 13.8. The Morgan fingerprint density at radius 2 is 1.44 bits per heavy atom. The number of carbonyl (C=O) groups is 1. The summed E-state index contributed by atoms with van der Waals surface area (Å²) in [6, 6.07) is 6.89. The number of aryl methyl sites for hydroxylation is 2. The van der Waals surface area contributed by atoms with Gasteiger partial charge < -0.3 is 9.64 Å². The van der Waals surface area contributed by atoms with Crippen molar-refractivity contribution in [1.29, 1.82) is 0 Å². The molecule has 2 aliphatic heterocycles. The van der Waals surface area contributed by atoms with Crippen molar-refractivity contribution in [3.05, 3.63) is 29.3 Å². The molecule has 1 amide bonds. The molecule has 4 atom stereocenters. The lowest BCUT2D eigenvalue weighted by molar-refractivity contribution is -0.144. The molecule has 6 heteroatoms. The molecule has 2 N–H and O–H groups in total. The number of fused-ring (bicyclic) bond motifs is 1. The Balaban J connectivity index is 1.24. The number of nitrogens with one attached hydrogen (secondary N) is 2. The Morgan fingerprint density at radius 1 is 0.814 bits per heavy atom. The zero-order valence-electron chi connectivity index (χ0n) is 27.2. The molecule has 5 aliphatic rings. The molecule has 0 bridgehead atoms. The van der Waals surface area contributed by atoms with Crippen LogP contribution >= 0.6 is 11.8 Å². The molecule has 6 rings (SSSR count). The van der Waals surface area contributed by atoms with Gasteiger partial charge in [-0.15, -0.1) is 0 Å². The minimum Gasteiger partial charge on any atom is -0.484 e. The number of hydrazine groups is 1. The normalized spacial score (nSPS) is 32.9. The van der Waals surface area contributed by atoms with Crippen molar-refractivity contribution in [3.8, 4) is 5.75 Å². The van der Waals surface area contributed by atoms with Crippen LogP contribution in [0.3, 0.4) is 0 Å². The minimum atomic E-state index is -0.241. The fourth-order valence-electron chi connectivity index (χ4n) is 9.78. The van der Waals surface area contributed by atoms with Crippen LogP contribution in [-0.2, 0) is 17.6 Å². The molecule has 4 fully saturated rings. The molecular weight excluding hydrogens is 550 g/mol. The van der Waals surface area contributed by atoms with Gasteiger partial charge in [0.05, 0.1) is 5.54 Å². The summed E-state index contributed by atoms with van der Waals surface area (Å²) < 4.78 is 6.35. The van der Waals surface area contributed by atoms with E-state index in [1.165, 1.54) is 127 Å². The summed E-state index contributed by atoms with van der Waals surface area (Å²) in [7, 11) is 0. The number of carbonyl (C=O) groups excluding carboxylic acids is 1. The Labute approximate surface area is 266 Å². The highest BCUT2D eigenvalue weighted by Crippen LogP contribution is 2.46. The number of nitrogens with zero attached hydrogens (tertiary/aromatic N) is 1. The van der Waals surface area contributed by atoms with Crippen molar-refractivity contribution in [2.24, 2.45) is 11.8 Å². The predicted molar refractivity (Wildman–Crippen MR) is 180 cm³/mol. The van der Waals surface area contributed by atoms with E-state index in [2.05, 4.69) is 59.6 Å². The molecule has 3 aliphatic carbocycles. The van der Waals surface area contributed by atoms with Crippen LogP contribution in [-0.4, -0.2) is 52.1 Å². The highest BCUT2D eigenvalue weighted by atomic mass is 32.2. The van der Waals surface area contributed by atoms with Gasteiger partial charge in [-0.25, -0.2) is 0 Å². The maximum absolute atomic E-state index is 14.6. The molecule has 2 saturated heterocycles. The van der Waals surface area contributed by atoms with Gasteiger partial charge in [0.15, 0.2) is 6.61 Å². The first-order valence-electron chi connectivity index (χ1n) is 18.3. The van der Waals surface area contributed by atoms with Crippen LogP contribution in [0.15, 0.2) is 18.2 Å². The summed E-state index contributed by atoms with van der Waals surface area (Å²) in [5, 5.41) is 1.29. The van der Waals surface area contributed by atoms with E-state index in [1.807, 2.05) is 0 Å². The summed E-state index contributed by atoms with van der Waals surface area (Å²) >= 11 is 2.25. The Bertz CT molecular complexity index is 1040. The number of rotatable bonds is 8. The van der Waals surface area contributed by atoms with E-state index >= 15 is 0 Å². The summed E-state index contributed by atoms with van der Waals surface area (Å²) in [6.45, 7) is 5.65. The number of thioether (sulfide) groups is 1. The van der Waals surface area contributed by atoms with E-state index in [0.29, 0.717) is 11.2 Å². The first kappa shape index (κ1) is 31.7. The van der Waals surface area contributed by atoms with Gasteiger partial charge in [-0.3, -0.25) is 15.6 Å². The molecule has 240 valence electrons. The van der Waals surface area contributed by atoms with Crippen LogP contribution < -0.4 is 15.6 Å². The average molecular weight is 610 g/mol. The molecule has 0 radical (unpaired) electrons. The van der Waals surface area contributed by atoms with Gasteiger partial charge in [0, 0.05) is 29.1 Å². The van der Waals surface area contributed by atoms with Crippen molar-refractivity contribution in [2.75, 3.05) is 13.2 Å². The van der Waals surface area contributed by atoms with Crippen LogP contribution in [0.2, 0.25) is 0 Å². The second-order valence-electron chi connectivity index (χ2n) is 14.7. The lowest BCUT2D eigenvalue weighted by Gasteiger charge is -2.52. The fourth-order valence-corrected chi connectivity index (χ4v) is 11.6. The molecule has 5 nitrogen and oxygen atoms in total. The fraction of sp³-hybridized carbons (Fsp3) is 0.811. The Hall–Kier alpha value is -1.24. The lowest BCUT2D eigenvalue weighted by Crippen LogP contribution is -2.68. The summed E-state index contributed by atoms with van der Waals surface area (Å²) in [5.74, 6) is 2.41. The third kappa shape index (κ3) is 7.12. The van der Waals surface area contributed by atoms with Crippen LogP contribution in [0.4, 0.5) is 0 Å². The zero-order valence-corrected chi connectivity index (χ0v) is 28.0. The molecular formula is C37H59N3O2S. The Morgan fingerprint density at radius 3 is 2.14 bits per heavy atom. The predicted octanol–water partition coefficient (Wildman–Crippen LogP) is 7.99. The van der Waals surface area contributed by atoms with Crippen molar-refractivity contribution in [2.45, 2.75) is 164 Å². The third-order valence-electron chi connectivity index (χ3n) is 12.1. The number of ether oxygens (including phenoxy) is 1. The molecule has 2 saturated carbocycles. The molecule has 1 aromatic rings. The lowest BCUT2D eigenvalue weighted by atomic mass is 9.68. The highest BCUT2D eigenvalue weighted by molar-refractivity contribution is 8.00. The monoisotopic (exact) mass is 609 g/mol. The van der Waals surface area contributed by atoms with Gasteiger partial charge >= 0.3 is 0 Å². The number of amides is 1.